The van der Waals surface area contributed by atoms with Crippen LogP contribution in [0.1, 0.15) is 24.8 Å². The van der Waals surface area contributed by atoms with Crippen LogP contribution in [0.15, 0.2) is 30.4 Å². The fourth-order valence-electron chi connectivity index (χ4n) is 2.35. The fraction of sp³-hybridized carbons (Fsp3) is 0.429. The highest BCUT2D eigenvalue weighted by atomic mass is 16.7. The van der Waals surface area contributed by atoms with E-state index in [4.69, 9.17) is 9.47 Å². The highest BCUT2D eigenvalue weighted by Gasteiger charge is 2.17. The molecular weight excluding hydrogens is 214 g/mol. The van der Waals surface area contributed by atoms with Crippen molar-refractivity contribution in [3.63, 3.8) is 0 Å². The average molecular weight is 231 g/mol. The van der Waals surface area contributed by atoms with Crippen LogP contribution in [0.4, 0.5) is 0 Å². The van der Waals surface area contributed by atoms with Gasteiger partial charge in [0.2, 0.25) is 6.79 Å². The predicted molar refractivity (Wildman–Crippen MR) is 66.2 cm³/mol. The minimum Gasteiger partial charge on any atom is -0.454 e. The van der Waals surface area contributed by atoms with E-state index < -0.39 is 0 Å². The molecule has 17 heavy (non-hydrogen) atoms. The molecule has 1 aromatic carbocycles. The Morgan fingerprint density at radius 3 is 3.18 bits per heavy atom. The molecule has 90 valence electrons. The lowest BCUT2D eigenvalue weighted by Gasteiger charge is -2.18. The zero-order valence-corrected chi connectivity index (χ0v) is 9.82. The largest absolute Gasteiger partial charge is 0.454 e. The Kier molecular flexibility index (Phi) is 3.01. The van der Waals surface area contributed by atoms with Gasteiger partial charge in [0, 0.05) is 18.2 Å². The van der Waals surface area contributed by atoms with Crippen molar-refractivity contribution in [3.05, 3.63) is 35.9 Å². The van der Waals surface area contributed by atoms with E-state index in [1.807, 2.05) is 12.1 Å². The van der Waals surface area contributed by atoms with Crippen molar-refractivity contribution in [2.75, 3.05) is 6.79 Å². The molecule has 3 rings (SSSR count). The van der Waals surface area contributed by atoms with Crippen molar-refractivity contribution >= 4 is 0 Å². The lowest BCUT2D eigenvalue weighted by atomic mass is 10.0. The summed E-state index contributed by atoms with van der Waals surface area (Å²) < 4.78 is 10.9. The van der Waals surface area contributed by atoms with Gasteiger partial charge in [-0.25, -0.2) is 0 Å². The van der Waals surface area contributed by atoms with E-state index in [1.54, 1.807) is 0 Å². The van der Waals surface area contributed by atoms with Crippen LogP contribution >= 0.6 is 0 Å². The van der Waals surface area contributed by atoms with Crippen LogP contribution in [0, 0.1) is 0 Å². The minimum absolute atomic E-state index is 0.343. The first kappa shape index (κ1) is 10.7. The maximum absolute atomic E-state index is 5.49. The van der Waals surface area contributed by atoms with E-state index in [1.165, 1.54) is 24.8 Å². The highest BCUT2D eigenvalue weighted by molar-refractivity contribution is 5.48. The summed E-state index contributed by atoms with van der Waals surface area (Å²) in [6.07, 6.45) is 8.25. The number of ether oxygens (including phenoxy) is 2. The Morgan fingerprint density at radius 1 is 1.29 bits per heavy atom. The number of fused-ring (bicyclic) bond motifs is 1. The van der Waals surface area contributed by atoms with E-state index in [9.17, 15) is 0 Å². The van der Waals surface area contributed by atoms with E-state index in [2.05, 4.69) is 23.5 Å². The second kappa shape index (κ2) is 4.80. The monoisotopic (exact) mass is 231 g/mol. The van der Waals surface area contributed by atoms with Crippen molar-refractivity contribution in [2.45, 2.75) is 31.8 Å². The van der Waals surface area contributed by atoms with Crippen molar-refractivity contribution in [3.8, 4) is 11.5 Å². The van der Waals surface area contributed by atoms with Crippen molar-refractivity contribution < 1.29 is 9.47 Å². The Morgan fingerprint density at radius 2 is 2.29 bits per heavy atom. The van der Waals surface area contributed by atoms with Gasteiger partial charge in [0.05, 0.1) is 0 Å². The summed E-state index contributed by atoms with van der Waals surface area (Å²) in [6.45, 7) is 1.18. The topological polar surface area (TPSA) is 30.5 Å². The number of hydrogen-bond acceptors (Lipinski definition) is 3. The third-order valence-corrected chi connectivity index (χ3v) is 3.29. The maximum Gasteiger partial charge on any atom is 0.231 e. The summed E-state index contributed by atoms with van der Waals surface area (Å²) in [5.74, 6) is 1.77. The summed E-state index contributed by atoms with van der Waals surface area (Å²) in [5.41, 5.74) is 1.18. The first-order valence-corrected chi connectivity index (χ1v) is 6.21. The molecule has 1 aliphatic carbocycles. The molecule has 1 aromatic rings. The normalized spacial score (nSPS) is 21.8. The second-order valence-corrected chi connectivity index (χ2v) is 4.50. The zero-order chi connectivity index (χ0) is 11.5. The summed E-state index contributed by atoms with van der Waals surface area (Å²) >= 11 is 0. The van der Waals surface area contributed by atoms with Gasteiger partial charge in [-0.2, -0.15) is 0 Å². The van der Waals surface area contributed by atoms with E-state index in [0.29, 0.717) is 12.8 Å². The minimum atomic E-state index is 0.343. The number of hydrogen-bond donors (Lipinski definition) is 1. The Balaban J connectivity index is 1.67. The van der Waals surface area contributed by atoms with Gasteiger partial charge < -0.3 is 14.8 Å². The molecule has 3 nitrogen and oxygen atoms in total. The molecule has 1 unspecified atom stereocenters. The highest BCUT2D eigenvalue weighted by Crippen LogP contribution is 2.35. The van der Waals surface area contributed by atoms with Crippen molar-refractivity contribution in [2.24, 2.45) is 0 Å². The zero-order valence-electron chi connectivity index (χ0n) is 9.82. The van der Waals surface area contributed by atoms with Crippen LogP contribution in [0.3, 0.4) is 0 Å². The van der Waals surface area contributed by atoms with E-state index in [-0.39, 0.29) is 0 Å². The third kappa shape index (κ3) is 2.29. The van der Waals surface area contributed by atoms with E-state index in [0.717, 1.165) is 18.0 Å². The van der Waals surface area contributed by atoms with Crippen LogP contribution in [-0.4, -0.2) is 12.8 Å². The molecule has 1 N–H and O–H groups in total. The van der Waals surface area contributed by atoms with Gasteiger partial charge in [0.25, 0.3) is 0 Å². The van der Waals surface area contributed by atoms with Crippen molar-refractivity contribution in [1.29, 1.82) is 0 Å². The van der Waals surface area contributed by atoms with Gasteiger partial charge in [-0.1, -0.05) is 24.3 Å². The summed E-state index contributed by atoms with van der Waals surface area (Å²) in [5, 5.41) is 3.55. The van der Waals surface area contributed by atoms with Gasteiger partial charge in [0.15, 0.2) is 11.5 Å². The number of allylic oxidation sites excluding steroid dienone is 1. The lowest BCUT2D eigenvalue weighted by molar-refractivity contribution is 0.173. The molecule has 3 heteroatoms. The van der Waals surface area contributed by atoms with Crippen LogP contribution in [0.25, 0.3) is 0 Å². The second-order valence-electron chi connectivity index (χ2n) is 4.50. The Labute approximate surface area is 101 Å². The number of benzene rings is 1. The van der Waals surface area contributed by atoms with Gasteiger partial charge in [0.1, 0.15) is 0 Å². The first-order valence-electron chi connectivity index (χ1n) is 6.21. The van der Waals surface area contributed by atoms with E-state index >= 15 is 0 Å². The SMILES string of the molecule is C1=CC(NCc2cccc3c2OCO3)CCC1. The summed E-state index contributed by atoms with van der Waals surface area (Å²) in [7, 11) is 0. The van der Waals surface area contributed by atoms with Gasteiger partial charge in [-0.05, 0) is 25.3 Å². The number of nitrogens with one attached hydrogen (secondary N) is 1. The summed E-state index contributed by atoms with van der Waals surface area (Å²) in [6, 6.07) is 6.56. The lowest BCUT2D eigenvalue weighted by Crippen LogP contribution is -2.27. The third-order valence-electron chi connectivity index (χ3n) is 3.29. The van der Waals surface area contributed by atoms with Crippen molar-refractivity contribution in [1.82, 2.24) is 5.32 Å². The smallest absolute Gasteiger partial charge is 0.231 e. The molecule has 0 amide bonds. The standard InChI is InChI=1S/C14H17NO2/c1-2-6-12(7-3-1)15-9-11-5-4-8-13-14(11)17-10-16-13/h2,4-6,8,12,15H,1,3,7,9-10H2. The van der Waals surface area contributed by atoms with Crippen LogP contribution < -0.4 is 14.8 Å². The fourth-order valence-corrected chi connectivity index (χ4v) is 2.35. The molecular formula is C14H17NO2. The van der Waals surface area contributed by atoms with Crippen LogP contribution in [0.5, 0.6) is 11.5 Å². The van der Waals surface area contributed by atoms with Crippen LogP contribution in [0.2, 0.25) is 0 Å². The molecule has 0 aromatic heterocycles. The van der Waals surface area contributed by atoms with Gasteiger partial charge >= 0.3 is 0 Å². The molecule has 0 radical (unpaired) electrons. The van der Waals surface area contributed by atoms with Crippen LogP contribution in [-0.2, 0) is 6.54 Å². The summed E-state index contributed by atoms with van der Waals surface area (Å²) in [4.78, 5) is 0. The number of rotatable bonds is 3. The molecule has 1 aliphatic heterocycles. The predicted octanol–water partition coefficient (Wildman–Crippen LogP) is 2.61. The molecule has 0 saturated heterocycles. The molecule has 0 bridgehead atoms. The molecule has 0 saturated carbocycles. The van der Waals surface area contributed by atoms with Gasteiger partial charge in [-0.15, -0.1) is 0 Å². The number of para-hydroxylation sites is 1. The Bertz CT molecular complexity index is 428. The molecule has 2 aliphatic rings. The van der Waals surface area contributed by atoms with Gasteiger partial charge in [-0.3, -0.25) is 0 Å². The molecule has 1 atom stereocenters. The average Bonchev–Trinajstić information content (AvgIpc) is 2.86. The Hall–Kier alpha value is -1.48. The molecule has 1 heterocycles. The first-order chi connectivity index (χ1) is 8.43. The maximum atomic E-state index is 5.49. The molecule has 0 fully saturated rings. The molecule has 0 spiro atoms. The quantitative estimate of drug-likeness (QED) is 0.811.